The van der Waals surface area contributed by atoms with Crippen molar-refractivity contribution in [3.63, 3.8) is 0 Å². The molecule has 1 N–H and O–H groups in total. The van der Waals surface area contributed by atoms with Gasteiger partial charge in [0.15, 0.2) is 5.79 Å². The maximum Gasteiger partial charge on any atom is 0.168 e. The van der Waals surface area contributed by atoms with Crippen LogP contribution < -0.4 is 0 Å². The first-order chi connectivity index (χ1) is 10.1. The van der Waals surface area contributed by atoms with Crippen molar-refractivity contribution >= 4 is 0 Å². The van der Waals surface area contributed by atoms with E-state index < -0.39 is 11.4 Å². The SMILES string of the molecule is OC1(C2CCOC3(CCOC3)C2)CCC2(CC1)OCCO2. The summed E-state index contributed by atoms with van der Waals surface area (Å²) in [7, 11) is 0. The van der Waals surface area contributed by atoms with Crippen LogP contribution in [0.2, 0.25) is 0 Å². The minimum absolute atomic E-state index is 0.131. The fourth-order valence-corrected chi connectivity index (χ4v) is 4.61. The van der Waals surface area contributed by atoms with Crippen LogP contribution in [0.4, 0.5) is 0 Å². The number of ether oxygens (including phenoxy) is 4. The lowest BCUT2D eigenvalue weighted by Gasteiger charge is -2.48. The Bertz CT molecular complexity index is 374. The Morgan fingerprint density at radius 3 is 2.24 bits per heavy atom. The molecule has 0 amide bonds. The maximum atomic E-state index is 11.2. The average Bonchev–Trinajstić information content (AvgIpc) is 3.14. The van der Waals surface area contributed by atoms with Crippen LogP contribution in [0, 0.1) is 5.92 Å². The molecule has 3 aliphatic heterocycles. The largest absolute Gasteiger partial charge is 0.390 e. The van der Waals surface area contributed by atoms with E-state index in [9.17, 15) is 5.11 Å². The molecule has 0 radical (unpaired) electrons. The lowest BCUT2D eigenvalue weighted by atomic mass is 9.68. The first-order valence-corrected chi connectivity index (χ1v) is 8.36. The molecule has 1 aliphatic carbocycles. The topological polar surface area (TPSA) is 57.2 Å². The molecule has 3 saturated heterocycles. The lowest BCUT2D eigenvalue weighted by molar-refractivity contribution is -0.221. The highest BCUT2D eigenvalue weighted by atomic mass is 16.7. The van der Waals surface area contributed by atoms with Crippen LogP contribution in [0.5, 0.6) is 0 Å². The third-order valence-electron chi connectivity index (χ3n) is 6.01. The molecule has 5 heteroatoms. The summed E-state index contributed by atoms with van der Waals surface area (Å²) in [6.45, 7) is 3.60. The van der Waals surface area contributed by atoms with Crippen LogP contribution in [0.15, 0.2) is 0 Å². The average molecular weight is 298 g/mol. The van der Waals surface area contributed by atoms with E-state index in [4.69, 9.17) is 18.9 Å². The minimum Gasteiger partial charge on any atom is -0.390 e. The molecule has 4 aliphatic rings. The zero-order valence-corrected chi connectivity index (χ0v) is 12.6. The summed E-state index contributed by atoms with van der Waals surface area (Å²) in [6.07, 6.45) is 6.01. The molecular formula is C16H26O5. The van der Waals surface area contributed by atoms with E-state index in [1.165, 1.54) is 0 Å². The third-order valence-corrected chi connectivity index (χ3v) is 6.01. The van der Waals surface area contributed by atoms with Crippen molar-refractivity contribution < 1.29 is 24.1 Å². The Hall–Kier alpha value is -0.200. The van der Waals surface area contributed by atoms with Gasteiger partial charge < -0.3 is 24.1 Å². The molecule has 2 unspecified atom stereocenters. The quantitative estimate of drug-likeness (QED) is 0.797. The molecule has 2 spiro atoms. The molecule has 0 bridgehead atoms. The van der Waals surface area contributed by atoms with Gasteiger partial charge in [0.25, 0.3) is 0 Å². The van der Waals surface area contributed by atoms with Crippen LogP contribution >= 0.6 is 0 Å². The van der Waals surface area contributed by atoms with Gasteiger partial charge in [0.2, 0.25) is 0 Å². The summed E-state index contributed by atoms with van der Waals surface area (Å²) in [5.74, 6) is -0.0855. The van der Waals surface area contributed by atoms with E-state index in [0.29, 0.717) is 25.7 Å². The molecule has 0 aromatic carbocycles. The second kappa shape index (κ2) is 5.17. The van der Waals surface area contributed by atoms with Gasteiger partial charge in [-0.1, -0.05) is 0 Å². The van der Waals surface area contributed by atoms with Gasteiger partial charge in [-0.3, -0.25) is 0 Å². The molecule has 120 valence electrons. The van der Waals surface area contributed by atoms with Gasteiger partial charge in [0.05, 0.1) is 31.0 Å². The molecule has 0 aromatic heterocycles. The van der Waals surface area contributed by atoms with Crippen molar-refractivity contribution in [1.29, 1.82) is 0 Å². The van der Waals surface area contributed by atoms with E-state index >= 15 is 0 Å². The van der Waals surface area contributed by atoms with E-state index in [1.807, 2.05) is 0 Å². The molecule has 4 rings (SSSR count). The maximum absolute atomic E-state index is 11.2. The summed E-state index contributed by atoms with van der Waals surface area (Å²) in [6, 6.07) is 0. The summed E-state index contributed by atoms with van der Waals surface area (Å²) in [5.41, 5.74) is -0.714. The fraction of sp³-hybridized carbons (Fsp3) is 1.00. The normalized spacial score (nSPS) is 41.9. The minimum atomic E-state index is -0.583. The molecule has 0 aromatic rings. The number of hydrogen-bond donors (Lipinski definition) is 1. The van der Waals surface area contributed by atoms with Crippen molar-refractivity contribution in [2.75, 3.05) is 33.0 Å². The van der Waals surface area contributed by atoms with Gasteiger partial charge in [-0.2, -0.15) is 0 Å². The smallest absolute Gasteiger partial charge is 0.168 e. The second-order valence-electron chi connectivity index (χ2n) is 7.23. The first-order valence-electron chi connectivity index (χ1n) is 8.36. The zero-order chi connectivity index (χ0) is 14.4. The van der Waals surface area contributed by atoms with E-state index in [0.717, 1.165) is 58.2 Å². The Morgan fingerprint density at radius 1 is 0.810 bits per heavy atom. The van der Waals surface area contributed by atoms with Crippen molar-refractivity contribution in [2.24, 2.45) is 5.92 Å². The number of aliphatic hydroxyl groups is 1. The van der Waals surface area contributed by atoms with Gasteiger partial charge in [0.1, 0.15) is 0 Å². The van der Waals surface area contributed by atoms with Crippen molar-refractivity contribution in [3.8, 4) is 0 Å². The van der Waals surface area contributed by atoms with Crippen LogP contribution in [0.1, 0.15) is 44.9 Å². The van der Waals surface area contributed by atoms with Crippen LogP contribution in [0.3, 0.4) is 0 Å². The van der Waals surface area contributed by atoms with Crippen molar-refractivity contribution in [2.45, 2.75) is 61.9 Å². The molecular weight excluding hydrogens is 272 g/mol. The Kier molecular flexibility index (Phi) is 3.54. The van der Waals surface area contributed by atoms with Crippen LogP contribution in [0.25, 0.3) is 0 Å². The Labute approximate surface area is 125 Å². The van der Waals surface area contributed by atoms with Crippen molar-refractivity contribution in [1.82, 2.24) is 0 Å². The van der Waals surface area contributed by atoms with Gasteiger partial charge in [-0.05, 0) is 31.6 Å². The summed E-state index contributed by atoms with van der Waals surface area (Å²) in [5, 5.41) is 11.2. The highest BCUT2D eigenvalue weighted by Crippen LogP contribution is 2.48. The fourth-order valence-electron chi connectivity index (χ4n) is 4.61. The highest BCUT2D eigenvalue weighted by molar-refractivity contribution is 5.01. The molecule has 1 saturated carbocycles. The van der Waals surface area contributed by atoms with E-state index in [1.54, 1.807) is 0 Å². The van der Waals surface area contributed by atoms with E-state index in [2.05, 4.69) is 0 Å². The zero-order valence-electron chi connectivity index (χ0n) is 12.6. The van der Waals surface area contributed by atoms with E-state index in [-0.39, 0.29) is 5.60 Å². The van der Waals surface area contributed by atoms with Crippen molar-refractivity contribution in [3.05, 3.63) is 0 Å². The second-order valence-corrected chi connectivity index (χ2v) is 7.23. The third kappa shape index (κ3) is 2.53. The number of hydrogen-bond acceptors (Lipinski definition) is 5. The van der Waals surface area contributed by atoms with Gasteiger partial charge in [-0.25, -0.2) is 0 Å². The standard InChI is InChI=1S/C16H26O5/c17-15(2-4-16(5-3-15)20-9-10-21-16)13-1-7-19-14(11-13)6-8-18-12-14/h13,17H,1-12H2. The molecule has 21 heavy (non-hydrogen) atoms. The van der Waals surface area contributed by atoms with Gasteiger partial charge >= 0.3 is 0 Å². The predicted octanol–water partition coefficient (Wildman–Crippen LogP) is 1.62. The van der Waals surface area contributed by atoms with Gasteiger partial charge in [-0.15, -0.1) is 0 Å². The Morgan fingerprint density at radius 2 is 1.57 bits per heavy atom. The molecule has 4 fully saturated rings. The molecule has 2 atom stereocenters. The highest BCUT2D eigenvalue weighted by Gasteiger charge is 2.52. The molecule has 3 heterocycles. The first kappa shape index (κ1) is 14.4. The predicted molar refractivity (Wildman–Crippen MR) is 74.9 cm³/mol. The van der Waals surface area contributed by atoms with Crippen LogP contribution in [-0.4, -0.2) is 55.1 Å². The number of rotatable bonds is 1. The van der Waals surface area contributed by atoms with Crippen LogP contribution in [-0.2, 0) is 18.9 Å². The summed E-state index contributed by atoms with van der Waals surface area (Å²) in [4.78, 5) is 0. The Balaban J connectivity index is 1.43. The molecule has 5 nitrogen and oxygen atoms in total. The summed E-state index contributed by atoms with van der Waals surface area (Å²) >= 11 is 0. The van der Waals surface area contributed by atoms with Gasteiger partial charge in [0, 0.05) is 32.5 Å². The lowest BCUT2D eigenvalue weighted by Crippen LogP contribution is -2.52. The summed E-state index contributed by atoms with van der Waals surface area (Å²) < 4.78 is 23.1. The monoisotopic (exact) mass is 298 g/mol.